The molecule has 3 N–H and O–H groups in total. The van der Waals surface area contributed by atoms with Gasteiger partial charge in [-0.3, -0.25) is 4.79 Å². The Balaban J connectivity index is 0.00000200. The molecule has 2 aliphatic rings. The third kappa shape index (κ3) is 3.76. The first-order chi connectivity index (χ1) is 9.13. The summed E-state index contributed by atoms with van der Waals surface area (Å²) in [5, 5.41) is 2.79. The van der Waals surface area contributed by atoms with E-state index in [2.05, 4.69) is 5.32 Å². The van der Waals surface area contributed by atoms with Crippen molar-refractivity contribution in [2.75, 3.05) is 32.7 Å². The Labute approximate surface area is 126 Å². The molecule has 1 heterocycles. The van der Waals surface area contributed by atoms with E-state index < -0.39 is 0 Å². The second-order valence-corrected chi connectivity index (χ2v) is 5.35. The number of amides is 3. The number of carbonyl (C=O) groups is 2. The quantitative estimate of drug-likeness (QED) is 0.775. The summed E-state index contributed by atoms with van der Waals surface area (Å²) in [6.45, 7) is 5.01. The van der Waals surface area contributed by atoms with Crippen molar-refractivity contribution in [1.82, 2.24) is 15.1 Å². The molecule has 0 spiro atoms. The topological polar surface area (TPSA) is 78.7 Å². The Kier molecular flexibility index (Phi) is 6.55. The van der Waals surface area contributed by atoms with Crippen LogP contribution in [0.25, 0.3) is 0 Å². The molecule has 1 saturated carbocycles. The standard InChI is InChI=1S/C13H24N4O2.ClH/c1-2-15-13(19)17-8-6-16(7-9-17)12(18)10-4-3-5-11(10)14;/h10-11H,2-9,14H2,1H3,(H,15,19);1H. The van der Waals surface area contributed by atoms with Crippen molar-refractivity contribution in [3.8, 4) is 0 Å². The Bertz CT molecular complexity index is 345. The maximum absolute atomic E-state index is 12.3. The van der Waals surface area contributed by atoms with Gasteiger partial charge in [0.05, 0.1) is 5.92 Å². The molecule has 116 valence electrons. The van der Waals surface area contributed by atoms with Crippen LogP contribution in [0.2, 0.25) is 0 Å². The third-order valence-electron chi connectivity index (χ3n) is 4.09. The summed E-state index contributed by atoms with van der Waals surface area (Å²) < 4.78 is 0. The monoisotopic (exact) mass is 304 g/mol. The van der Waals surface area contributed by atoms with Gasteiger partial charge < -0.3 is 20.9 Å². The fourth-order valence-electron chi connectivity index (χ4n) is 2.92. The maximum Gasteiger partial charge on any atom is 0.317 e. The van der Waals surface area contributed by atoms with Gasteiger partial charge in [-0.1, -0.05) is 6.42 Å². The van der Waals surface area contributed by atoms with Gasteiger partial charge in [0.2, 0.25) is 5.91 Å². The molecule has 3 amide bonds. The summed E-state index contributed by atoms with van der Waals surface area (Å²) in [4.78, 5) is 27.6. The Hall–Kier alpha value is -1.01. The van der Waals surface area contributed by atoms with Crippen LogP contribution in [0.4, 0.5) is 4.79 Å². The lowest BCUT2D eigenvalue weighted by Crippen LogP contribution is -2.55. The molecule has 0 radical (unpaired) electrons. The molecule has 1 aliphatic heterocycles. The SMILES string of the molecule is CCNC(=O)N1CCN(C(=O)C2CCCC2N)CC1.Cl. The minimum absolute atomic E-state index is 0. The van der Waals surface area contributed by atoms with Crippen LogP contribution < -0.4 is 11.1 Å². The van der Waals surface area contributed by atoms with E-state index in [1.54, 1.807) is 4.90 Å². The van der Waals surface area contributed by atoms with Crippen molar-refractivity contribution in [3.05, 3.63) is 0 Å². The highest BCUT2D eigenvalue weighted by atomic mass is 35.5. The number of hydrogen-bond donors (Lipinski definition) is 2. The largest absolute Gasteiger partial charge is 0.339 e. The van der Waals surface area contributed by atoms with Crippen molar-refractivity contribution in [2.45, 2.75) is 32.2 Å². The fraction of sp³-hybridized carbons (Fsp3) is 0.846. The van der Waals surface area contributed by atoms with Crippen LogP contribution in [0.1, 0.15) is 26.2 Å². The first-order valence-electron chi connectivity index (χ1n) is 7.20. The summed E-state index contributed by atoms with van der Waals surface area (Å²) in [5.41, 5.74) is 5.98. The molecule has 1 aliphatic carbocycles. The zero-order valence-corrected chi connectivity index (χ0v) is 12.8. The van der Waals surface area contributed by atoms with Gasteiger partial charge in [0.25, 0.3) is 0 Å². The molecule has 2 fully saturated rings. The highest BCUT2D eigenvalue weighted by molar-refractivity contribution is 5.85. The van der Waals surface area contributed by atoms with E-state index in [9.17, 15) is 9.59 Å². The third-order valence-corrected chi connectivity index (χ3v) is 4.09. The first-order valence-corrected chi connectivity index (χ1v) is 7.20. The Morgan fingerprint density at radius 2 is 1.75 bits per heavy atom. The molecule has 2 atom stereocenters. The number of nitrogens with one attached hydrogen (secondary N) is 1. The molecule has 0 aromatic carbocycles. The van der Waals surface area contributed by atoms with E-state index in [-0.39, 0.29) is 36.3 Å². The summed E-state index contributed by atoms with van der Waals surface area (Å²) in [6.07, 6.45) is 2.92. The van der Waals surface area contributed by atoms with Crippen LogP contribution >= 0.6 is 12.4 Å². The molecule has 2 unspecified atom stereocenters. The Morgan fingerprint density at radius 3 is 2.25 bits per heavy atom. The van der Waals surface area contributed by atoms with E-state index in [1.807, 2.05) is 11.8 Å². The number of nitrogens with zero attached hydrogens (tertiary/aromatic N) is 2. The number of piperazine rings is 1. The van der Waals surface area contributed by atoms with Gasteiger partial charge >= 0.3 is 6.03 Å². The van der Waals surface area contributed by atoms with Crippen LogP contribution in [0, 0.1) is 5.92 Å². The second-order valence-electron chi connectivity index (χ2n) is 5.35. The van der Waals surface area contributed by atoms with E-state index >= 15 is 0 Å². The van der Waals surface area contributed by atoms with Crippen LogP contribution in [0.5, 0.6) is 0 Å². The van der Waals surface area contributed by atoms with Crippen LogP contribution in [0.3, 0.4) is 0 Å². The minimum Gasteiger partial charge on any atom is -0.339 e. The van der Waals surface area contributed by atoms with Gasteiger partial charge in [-0.15, -0.1) is 12.4 Å². The normalized spacial score (nSPS) is 26.1. The van der Waals surface area contributed by atoms with Crippen molar-refractivity contribution >= 4 is 24.3 Å². The van der Waals surface area contributed by atoms with Gasteiger partial charge in [-0.25, -0.2) is 4.79 Å². The van der Waals surface area contributed by atoms with Crippen molar-refractivity contribution in [2.24, 2.45) is 11.7 Å². The lowest BCUT2D eigenvalue weighted by molar-refractivity contribution is -0.137. The zero-order valence-electron chi connectivity index (χ0n) is 12.0. The number of rotatable bonds is 2. The second kappa shape index (κ2) is 7.69. The molecular weight excluding hydrogens is 280 g/mol. The minimum atomic E-state index is -0.0350. The number of nitrogens with two attached hydrogens (primary N) is 1. The van der Waals surface area contributed by atoms with Crippen molar-refractivity contribution in [1.29, 1.82) is 0 Å². The number of urea groups is 1. The predicted octanol–water partition coefficient (Wildman–Crippen LogP) is 0.409. The predicted molar refractivity (Wildman–Crippen MR) is 79.8 cm³/mol. The maximum atomic E-state index is 12.3. The average Bonchev–Trinajstić information content (AvgIpc) is 2.84. The Morgan fingerprint density at radius 1 is 1.15 bits per heavy atom. The molecule has 0 bridgehead atoms. The van der Waals surface area contributed by atoms with Crippen LogP contribution in [-0.2, 0) is 4.79 Å². The molecular formula is C13H25ClN4O2. The van der Waals surface area contributed by atoms with Gasteiger partial charge in [0.15, 0.2) is 0 Å². The number of carbonyl (C=O) groups excluding carboxylic acids is 2. The fourth-order valence-corrected chi connectivity index (χ4v) is 2.92. The van der Waals surface area contributed by atoms with Gasteiger partial charge in [0, 0.05) is 38.8 Å². The molecule has 6 nitrogen and oxygen atoms in total. The van der Waals surface area contributed by atoms with E-state index in [0.717, 1.165) is 19.3 Å². The van der Waals surface area contributed by atoms with Gasteiger partial charge in [-0.05, 0) is 19.8 Å². The summed E-state index contributed by atoms with van der Waals surface area (Å²) in [6, 6.07) is -0.0129. The number of halogens is 1. The summed E-state index contributed by atoms with van der Waals surface area (Å²) in [5.74, 6) is 0.177. The average molecular weight is 305 g/mol. The summed E-state index contributed by atoms with van der Waals surface area (Å²) >= 11 is 0. The van der Waals surface area contributed by atoms with Crippen molar-refractivity contribution < 1.29 is 9.59 Å². The lowest BCUT2D eigenvalue weighted by atomic mass is 10.0. The van der Waals surface area contributed by atoms with Gasteiger partial charge in [0.1, 0.15) is 0 Å². The molecule has 1 saturated heterocycles. The van der Waals surface area contributed by atoms with Gasteiger partial charge in [-0.2, -0.15) is 0 Å². The summed E-state index contributed by atoms with van der Waals surface area (Å²) in [7, 11) is 0. The van der Waals surface area contributed by atoms with Crippen LogP contribution in [-0.4, -0.2) is 60.5 Å². The highest BCUT2D eigenvalue weighted by Crippen LogP contribution is 2.26. The highest BCUT2D eigenvalue weighted by Gasteiger charge is 2.34. The van der Waals surface area contributed by atoms with Crippen LogP contribution in [0.15, 0.2) is 0 Å². The van der Waals surface area contributed by atoms with E-state index in [4.69, 9.17) is 5.73 Å². The number of hydrogen-bond acceptors (Lipinski definition) is 3. The molecule has 0 aromatic rings. The molecule has 0 aromatic heterocycles. The smallest absolute Gasteiger partial charge is 0.317 e. The zero-order chi connectivity index (χ0) is 13.8. The first kappa shape index (κ1) is 17.0. The molecule has 7 heteroatoms. The van der Waals surface area contributed by atoms with E-state index in [0.29, 0.717) is 32.7 Å². The molecule has 2 rings (SSSR count). The molecule has 20 heavy (non-hydrogen) atoms. The lowest BCUT2D eigenvalue weighted by Gasteiger charge is -2.36. The van der Waals surface area contributed by atoms with Crippen molar-refractivity contribution in [3.63, 3.8) is 0 Å². The van der Waals surface area contributed by atoms with E-state index in [1.165, 1.54) is 0 Å².